The number of carbonyl (C=O) groups is 2. The van der Waals surface area contributed by atoms with E-state index in [1.807, 2.05) is 0 Å². The summed E-state index contributed by atoms with van der Waals surface area (Å²) >= 11 is 5.38. The number of amides is 1. The monoisotopic (exact) mass is 305 g/mol. The fourth-order valence-electron chi connectivity index (χ4n) is 1.42. The zero-order chi connectivity index (χ0) is 15.5. The number of rotatable bonds is 5. The number of aliphatic carboxylic acids is 1. The van der Waals surface area contributed by atoms with Crippen LogP contribution in [0.3, 0.4) is 0 Å². The average molecular weight is 306 g/mol. The van der Waals surface area contributed by atoms with Crippen LogP contribution in [0.25, 0.3) is 0 Å². The number of halogens is 3. The first-order valence-electron chi connectivity index (χ1n) is 5.87. The molecule has 1 aromatic carbocycles. The highest BCUT2D eigenvalue weighted by molar-refractivity contribution is 6.30. The Morgan fingerprint density at radius 1 is 1.35 bits per heavy atom. The van der Waals surface area contributed by atoms with Gasteiger partial charge in [-0.05, 0) is 25.5 Å². The summed E-state index contributed by atoms with van der Waals surface area (Å²) < 4.78 is 26.7. The van der Waals surface area contributed by atoms with E-state index < -0.39 is 39.5 Å². The van der Waals surface area contributed by atoms with Gasteiger partial charge in [0.25, 0.3) is 5.91 Å². The van der Waals surface area contributed by atoms with Gasteiger partial charge in [-0.2, -0.15) is 0 Å². The van der Waals surface area contributed by atoms with E-state index in [1.165, 1.54) is 6.92 Å². The molecule has 0 bridgehead atoms. The van der Waals surface area contributed by atoms with Gasteiger partial charge in [0.05, 0.1) is 16.0 Å². The molecule has 20 heavy (non-hydrogen) atoms. The van der Waals surface area contributed by atoms with Crippen LogP contribution < -0.4 is 5.32 Å². The highest BCUT2D eigenvalue weighted by Gasteiger charge is 2.31. The first-order chi connectivity index (χ1) is 9.21. The maximum atomic E-state index is 13.5. The van der Waals surface area contributed by atoms with E-state index in [1.54, 1.807) is 6.92 Å². The summed E-state index contributed by atoms with van der Waals surface area (Å²) in [6, 6.07) is 1.37. The molecule has 1 rings (SSSR count). The van der Waals surface area contributed by atoms with Crippen LogP contribution in [-0.2, 0) is 4.79 Å². The van der Waals surface area contributed by atoms with Crippen LogP contribution in [0.4, 0.5) is 8.78 Å². The maximum absolute atomic E-state index is 13.5. The van der Waals surface area contributed by atoms with E-state index in [4.69, 9.17) is 16.7 Å². The van der Waals surface area contributed by atoms with Crippen molar-refractivity contribution in [2.24, 2.45) is 5.41 Å². The Morgan fingerprint density at radius 2 is 1.95 bits per heavy atom. The summed E-state index contributed by atoms with van der Waals surface area (Å²) in [6.45, 7) is 2.92. The molecule has 4 nitrogen and oxygen atoms in total. The first-order valence-corrected chi connectivity index (χ1v) is 6.25. The number of carbonyl (C=O) groups excluding carboxylic acids is 1. The van der Waals surface area contributed by atoms with Gasteiger partial charge in [-0.15, -0.1) is 0 Å². The molecule has 0 spiro atoms. The van der Waals surface area contributed by atoms with Crippen molar-refractivity contribution in [2.45, 2.75) is 20.3 Å². The van der Waals surface area contributed by atoms with Crippen molar-refractivity contribution in [3.63, 3.8) is 0 Å². The van der Waals surface area contributed by atoms with E-state index in [2.05, 4.69) is 5.32 Å². The van der Waals surface area contributed by atoms with Gasteiger partial charge in [0.2, 0.25) is 0 Å². The molecule has 0 saturated carbocycles. The summed E-state index contributed by atoms with van der Waals surface area (Å²) in [5.41, 5.74) is -1.69. The van der Waals surface area contributed by atoms with E-state index in [-0.39, 0.29) is 13.0 Å². The van der Waals surface area contributed by atoms with Gasteiger partial charge in [0.15, 0.2) is 0 Å². The molecule has 0 saturated heterocycles. The molecular formula is C13H14ClF2NO3. The smallest absolute Gasteiger partial charge is 0.311 e. The molecule has 2 N–H and O–H groups in total. The summed E-state index contributed by atoms with van der Waals surface area (Å²) in [4.78, 5) is 22.8. The lowest BCUT2D eigenvalue weighted by Crippen LogP contribution is -2.40. The van der Waals surface area contributed by atoms with Gasteiger partial charge < -0.3 is 10.4 Å². The van der Waals surface area contributed by atoms with Crippen LogP contribution in [0.5, 0.6) is 0 Å². The SMILES string of the molecule is CCC(C)(CNC(=O)c1cc(F)c(Cl)cc1F)C(=O)O. The normalized spacial score (nSPS) is 13.7. The molecule has 1 amide bonds. The van der Waals surface area contributed by atoms with E-state index in [9.17, 15) is 18.4 Å². The van der Waals surface area contributed by atoms with Crippen LogP contribution in [-0.4, -0.2) is 23.5 Å². The molecule has 1 atom stereocenters. The first kappa shape index (κ1) is 16.4. The summed E-state index contributed by atoms with van der Waals surface area (Å²) in [6.07, 6.45) is 0.278. The second kappa shape index (κ2) is 6.17. The van der Waals surface area contributed by atoms with Gasteiger partial charge in [-0.25, -0.2) is 8.78 Å². The summed E-state index contributed by atoms with van der Waals surface area (Å²) in [5, 5.41) is 10.9. The third-order valence-electron chi connectivity index (χ3n) is 3.19. The number of hydrogen-bond acceptors (Lipinski definition) is 2. The van der Waals surface area contributed by atoms with Gasteiger partial charge in [-0.3, -0.25) is 9.59 Å². The second-order valence-corrected chi connectivity index (χ2v) is 5.06. The maximum Gasteiger partial charge on any atom is 0.311 e. The van der Waals surface area contributed by atoms with Crippen molar-refractivity contribution in [2.75, 3.05) is 6.54 Å². The zero-order valence-electron chi connectivity index (χ0n) is 11.0. The number of benzene rings is 1. The van der Waals surface area contributed by atoms with Crippen molar-refractivity contribution in [3.05, 3.63) is 34.4 Å². The Morgan fingerprint density at radius 3 is 2.45 bits per heavy atom. The highest BCUT2D eigenvalue weighted by atomic mass is 35.5. The van der Waals surface area contributed by atoms with Crippen LogP contribution in [0.1, 0.15) is 30.6 Å². The molecule has 0 heterocycles. The predicted octanol–water partition coefficient (Wildman–Crippen LogP) is 2.85. The third-order valence-corrected chi connectivity index (χ3v) is 3.48. The summed E-state index contributed by atoms with van der Waals surface area (Å²) in [5.74, 6) is -3.86. The Bertz CT molecular complexity index is 551. The molecule has 0 radical (unpaired) electrons. The van der Waals surface area contributed by atoms with Gasteiger partial charge >= 0.3 is 5.97 Å². The highest BCUT2D eigenvalue weighted by Crippen LogP contribution is 2.22. The minimum Gasteiger partial charge on any atom is -0.481 e. The topological polar surface area (TPSA) is 66.4 Å². The lowest BCUT2D eigenvalue weighted by Gasteiger charge is -2.23. The Balaban J connectivity index is 2.88. The lowest BCUT2D eigenvalue weighted by molar-refractivity contribution is -0.147. The van der Waals surface area contributed by atoms with Crippen molar-refractivity contribution >= 4 is 23.5 Å². The molecule has 0 aliphatic carbocycles. The fraction of sp³-hybridized carbons (Fsp3) is 0.385. The molecule has 0 aliphatic heterocycles. The minimum absolute atomic E-state index is 0.193. The molecule has 110 valence electrons. The molecular weight excluding hydrogens is 292 g/mol. The largest absolute Gasteiger partial charge is 0.481 e. The number of carboxylic acids is 1. The molecule has 0 fully saturated rings. The van der Waals surface area contributed by atoms with E-state index in [0.29, 0.717) is 12.1 Å². The Labute approximate surface area is 119 Å². The van der Waals surface area contributed by atoms with Crippen LogP contribution in [0.2, 0.25) is 5.02 Å². The number of carboxylic acid groups (broad SMARTS) is 1. The van der Waals surface area contributed by atoms with Gasteiger partial charge in [0.1, 0.15) is 11.6 Å². The quantitative estimate of drug-likeness (QED) is 0.822. The van der Waals surface area contributed by atoms with Gasteiger partial charge in [-0.1, -0.05) is 18.5 Å². The zero-order valence-corrected chi connectivity index (χ0v) is 11.7. The van der Waals surface area contributed by atoms with Crippen molar-refractivity contribution in [1.29, 1.82) is 0 Å². The predicted molar refractivity (Wildman–Crippen MR) is 69.7 cm³/mol. The standard InChI is InChI=1S/C13H14ClF2NO3/c1-3-13(2,12(19)20)6-17-11(18)7-4-10(16)8(14)5-9(7)15/h4-5H,3,6H2,1-2H3,(H,17,18)(H,19,20). The Kier molecular flexibility index (Phi) is 5.05. The molecule has 0 aliphatic rings. The molecule has 1 aromatic rings. The van der Waals surface area contributed by atoms with Crippen molar-refractivity contribution in [1.82, 2.24) is 5.32 Å². The number of hydrogen-bond donors (Lipinski definition) is 2. The van der Waals surface area contributed by atoms with Crippen LogP contribution in [0.15, 0.2) is 12.1 Å². The fourth-order valence-corrected chi connectivity index (χ4v) is 1.57. The van der Waals surface area contributed by atoms with Crippen LogP contribution >= 0.6 is 11.6 Å². The van der Waals surface area contributed by atoms with E-state index >= 15 is 0 Å². The van der Waals surface area contributed by atoms with Crippen molar-refractivity contribution in [3.8, 4) is 0 Å². The Hall–Kier alpha value is -1.69. The number of nitrogens with one attached hydrogen (secondary N) is 1. The van der Waals surface area contributed by atoms with Crippen LogP contribution in [0, 0.1) is 17.0 Å². The van der Waals surface area contributed by atoms with Gasteiger partial charge in [0, 0.05) is 6.54 Å². The molecule has 7 heteroatoms. The molecule has 1 unspecified atom stereocenters. The lowest BCUT2D eigenvalue weighted by atomic mass is 9.87. The molecule has 0 aromatic heterocycles. The average Bonchev–Trinajstić information content (AvgIpc) is 2.39. The van der Waals surface area contributed by atoms with E-state index in [0.717, 1.165) is 0 Å². The van der Waals surface area contributed by atoms with Crippen molar-refractivity contribution < 1.29 is 23.5 Å². The second-order valence-electron chi connectivity index (χ2n) is 4.65. The minimum atomic E-state index is -1.17. The summed E-state index contributed by atoms with van der Waals surface area (Å²) in [7, 11) is 0. The third kappa shape index (κ3) is 3.45.